The number of ether oxygens (including phenoxy) is 1. The van der Waals surface area contributed by atoms with Gasteiger partial charge in [0, 0.05) is 11.9 Å². The Hall–Kier alpha value is -1.53. The van der Waals surface area contributed by atoms with Gasteiger partial charge in [-0.3, -0.25) is 0 Å². The van der Waals surface area contributed by atoms with Crippen LogP contribution in [0.15, 0.2) is 23.0 Å². The molecule has 1 N–H and O–H groups in total. The number of thiazole rings is 1. The van der Waals surface area contributed by atoms with Gasteiger partial charge in [-0.25, -0.2) is 13.8 Å². The van der Waals surface area contributed by atoms with Gasteiger partial charge >= 0.3 is 0 Å². The quantitative estimate of drug-likeness (QED) is 0.845. The van der Waals surface area contributed by atoms with Gasteiger partial charge in [-0.15, -0.1) is 11.3 Å². The number of rotatable bonds is 7. The Morgan fingerprint density at radius 2 is 2.00 bits per heavy atom. The van der Waals surface area contributed by atoms with Crippen LogP contribution in [-0.2, 0) is 13.2 Å². The molecule has 0 aliphatic heterocycles. The number of aromatic nitrogens is 1. The highest BCUT2D eigenvalue weighted by atomic mass is 32.1. The average Bonchev–Trinajstić information content (AvgIpc) is 2.90. The molecule has 0 saturated carbocycles. The molecule has 0 unspecified atom stereocenters. The summed E-state index contributed by atoms with van der Waals surface area (Å²) in [6.07, 6.45) is 0. The van der Waals surface area contributed by atoms with Crippen LogP contribution >= 0.6 is 11.3 Å². The van der Waals surface area contributed by atoms with E-state index >= 15 is 0 Å². The van der Waals surface area contributed by atoms with Gasteiger partial charge in [-0.2, -0.15) is 0 Å². The van der Waals surface area contributed by atoms with Gasteiger partial charge in [0.25, 0.3) is 0 Å². The highest BCUT2D eigenvalue weighted by Crippen LogP contribution is 2.24. The predicted molar refractivity (Wildman–Crippen MR) is 79.3 cm³/mol. The average molecular weight is 312 g/mol. The van der Waals surface area contributed by atoms with Crippen LogP contribution < -0.4 is 10.1 Å². The van der Waals surface area contributed by atoms with Crippen molar-refractivity contribution < 1.29 is 13.5 Å². The predicted octanol–water partition coefficient (Wildman–Crippen LogP) is 3.75. The largest absolute Gasteiger partial charge is 0.481 e. The second kappa shape index (κ2) is 7.47. The zero-order valence-electron chi connectivity index (χ0n) is 12.0. The summed E-state index contributed by atoms with van der Waals surface area (Å²) < 4.78 is 33.0. The summed E-state index contributed by atoms with van der Waals surface area (Å²) in [5, 5.41) is 4.92. The monoisotopic (exact) mass is 312 g/mol. The lowest BCUT2D eigenvalue weighted by Crippen LogP contribution is -2.19. The minimum absolute atomic E-state index is 0.0578. The number of hydrogen-bond donors (Lipinski definition) is 1. The van der Waals surface area contributed by atoms with E-state index in [9.17, 15) is 8.78 Å². The summed E-state index contributed by atoms with van der Waals surface area (Å²) in [7, 11) is 0. The molecule has 0 bridgehead atoms. The van der Waals surface area contributed by atoms with Gasteiger partial charge in [-0.05, 0) is 30.2 Å². The summed E-state index contributed by atoms with van der Waals surface area (Å²) >= 11 is 1.41. The first-order chi connectivity index (χ1) is 10.1. The van der Waals surface area contributed by atoms with Gasteiger partial charge in [0.1, 0.15) is 6.61 Å². The third kappa shape index (κ3) is 4.75. The highest BCUT2D eigenvalue weighted by molar-refractivity contribution is 7.07. The van der Waals surface area contributed by atoms with Crippen LogP contribution in [0.1, 0.15) is 25.1 Å². The standard InChI is InChI=1S/C15H18F2N2OS/c1-10(2)5-18-6-11-3-13(16)15(14(17)4-11)20-7-12-8-21-9-19-12/h3-4,8-10,18H,5-7H2,1-2H3. The Kier molecular flexibility index (Phi) is 5.64. The van der Waals surface area contributed by atoms with Crippen molar-refractivity contribution in [1.29, 1.82) is 0 Å². The first-order valence-corrected chi connectivity index (χ1v) is 7.69. The molecule has 0 amide bonds. The minimum Gasteiger partial charge on any atom is -0.481 e. The molecule has 0 saturated heterocycles. The van der Waals surface area contributed by atoms with Gasteiger partial charge in [0.05, 0.1) is 11.2 Å². The summed E-state index contributed by atoms with van der Waals surface area (Å²) in [6, 6.07) is 2.60. The molecule has 0 atom stereocenters. The number of benzene rings is 1. The maximum Gasteiger partial charge on any atom is 0.191 e. The first kappa shape index (κ1) is 15.9. The summed E-state index contributed by atoms with van der Waals surface area (Å²) in [5.41, 5.74) is 2.86. The molecule has 3 nitrogen and oxygen atoms in total. The minimum atomic E-state index is -0.688. The smallest absolute Gasteiger partial charge is 0.191 e. The van der Waals surface area contributed by atoms with Crippen molar-refractivity contribution in [2.75, 3.05) is 6.54 Å². The van der Waals surface area contributed by atoms with Crippen molar-refractivity contribution in [1.82, 2.24) is 10.3 Å². The molecule has 2 rings (SSSR count). The van der Waals surface area contributed by atoms with E-state index in [4.69, 9.17) is 4.74 Å². The molecule has 1 heterocycles. The molecule has 0 spiro atoms. The molecule has 0 radical (unpaired) electrons. The zero-order chi connectivity index (χ0) is 15.2. The van der Waals surface area contributed by atoms with Crippen molar-refractivity contribution in [2.24, 2.45) is 5.92 Å². The van der Waals surface area contributed by atoms with E-state index in [1.807, 2.05) is 0 Å². The molecule has 6 heteroatoms. The van der Waals surface area contributed by atoms with Crippen molar-refractivity contribution in [2.45, 2.75) is 27.0 Å². The molecule has 2 aromatic rings. The van der Waals surface area contributed by atoms with Gasteiger partial charge in [0.15, 0.2) is 17.4 Å². The second-order valence-corrected chi connectivity index (χ2v) is 5.90. The van der Waals surface area contributed by atoms with Crippen LogP contribution in [0.3, 0.4) is 0 Å². The second-order valence-electron chi connectivity index (χ2n) is 5.18. The van der Waals surface area contributed by atoms with E-state index < -0.39 is 11.6 Å². The Morgan fingerprint density at radius 3 is 2.57 bits per heavy atom. The Morgan fingerprint density at radius 1 is 1.29 bits per heavy atom. The molecule has 21 heavy (non-hydrogen) atoms. The van der Waals surface area contributed by atoms with Crippen LogP contribution in [0.2, 0.25) is 0 Å². The van der Waals surface area contributed by atoms with Crippen molar-refractivity contribution in [3.8, 4) is 5.75 Å². The van der Waals surface area contributed by atoms with Gasteiger partial charge < -0.3 is 10.1 Å². The lowest BCUT2D eigenvalue weighted by atomic mass is 10.1. The fourth-order valence-corrected chi connectivity index (χ4v) is 2.36. The zero-order valence-corrected chi connectivity index (χ0v) is 12.8. The van der Waals surface area contributed by atoms with Crippen molar-refractivity contribution >= 4 is 11.3 Å². The number of nitrogens with one attached hydrogen (secondary N) is 1. The van der Waals surface area contributed by atoms with Crippen LogP contribution in [-0.4, -0.2) is 11.5 Å². The lowest BCUT2D eigenvalue weighted by Gasteiger charge is -2.11. The van der Waals surface area contributed by atoms with E-state index in [0.717, 1.165) is 6.54 Å². The summed E-state index contributed by atoms with van der Waals surface area (Å²) in [5.74, 6) is -1.24. The molecular weight excluding hydrogens is 294 g/mol. The maximum absolute atomic E-state index is 13.9. The lowest BCUT2D eigenvalue weighted by molar-refractivity contribution is 0.270. The summed E-state index contributed by atoms with van der Waals surface area (Å²) in [6.45, 7) is 5.43. The van der Waals surface area contributed by atoms with E-state index in [-0.39, 0.29) is 12.4 Å². The molecule has 0 aliphatic carbocycles. The van der Waals surface area contributed by atoms with Gasteiger partial charge in [0.2, 0.25) is 0 Å². The molecule has 0 fully saturated rings. The van der Waals surface area contributed by atoms with E-state index in [1.54, 1.807) is 10.9 Å². The fraction of sp³-hybridized carbons (Fsp3) is 0.400. The molecule has 0 aliphatic rings. The topological polar surface area (TPSA) is 34.1 Å². The third-order valence-corrected chi connectivity index (χ3v) is 3.42. The molecule has 1 aromatic carbocycles. The Balaban J connectivity index is 1.99. The SMILES string of the molecule is CC(C)CNCc1cc(F)c(OCc2cscn2)c(F)c1. The molecule has 114 valence electrons. The van der Waals surface area contributed by atoms with E-state index in [1.165, 1.54) is 23.5 Å². The van der Waals surface area contributed by atoms with Crippen molar-refractivity contribution in [3.63, 3.8) is 0 Å². The summed E-state index contributed by atoms with van der Waals surface area (Å²) in [4.78, 5) is 4.00. The number of halogens is 2. The Labute approximate surface area is 127 Å². The van der Waals surface area contributed by atoms with E-state index in [2.05, 4.69) is 24.1 Å². The number of nitrogens with zero attached hydrogens (tertiary/aromatic N) is 1. The molecular formula is C15H18F2N2OS. The Bertz CT molecular complexity index is 550. The van der Waals surface area contributed by atoms with Gasteiger partial charge in [-0.1, -0.05) is 13.8 Å². The van der Waals surface area contributed by atoms with Crippen molar-refractivity contribution in [3.05, 3.63) is 45.9 Å². The van der Waals surface area contributed by atoms with Crippen LogP contribution in [0.25, 0.3) is 0 Å². The maximum atomic E-state index is 13.9. The highest BCUT2D eigenvalue weighted by Gasteiger charge is 2.13. The van der Waals surface area contributed by atoms with Crippen LogP contribution in [0, 0.1) is 17.6 Å². The normalized spacial score (nSPS) is 11.1. The molecule has 1 aromatic heterocycles. The number of hydrogen-bond acceptors (Lipinski definition) is 4. The van der Waals surface area contributed by atoms with E-state index in [0.29, 0.717) is 23.7 Å². The third-order valence-electron chi connectivity index (χ3n) is 2.79. The fourth-order valence-electron chi connectivity index (χ4n) is 1.81. The van der Waals surface area contributed by atoms with Crippen LogP contribution in [0.4, 0.5) is 8.78 Å². The van der Waals surface area contributed by atoms with Crippen LogP contribution in [0.5, 0.6) is 5.75 Å². The first-order valence-electron chi connectivity index (χ1n) is 6.74.